The van der Waals surface area contributed by atoms with Gasteiger partial charge in [0.2, 0.25) is 0 Å². The van der Waals surface area contributed by atoms with E-state index in [2.05, 4.69) is 16.8 Å². The van der Waals surface area contributed by atoms with E-state index in [0.29, 0.717) is 19.6 Å². The van der Waals surface area contributed by atoms with Crippen LogP contribution in [0.2, 0.25) is 0 Å². The van der Waals surface area contributed by atoms with E-state index in [-0.39, 0.29) is 11.5 Å². The SMILES string of the molecule is COCCCS(=O)(=O)CCNCCc1cccs1. The molecule has 1 N–H and O–H groups in total. The fourth-order valence-electron chi connectivity index (χ4n) is 1.54. The molecule has 1 heterocycles. The highest BCUT2D eigenvalue weighted by Crippen LogP contribution is 2.07. The van der Waals surface area contributed by atoms with Gasteiger partial charge in [0.15, 0.2) is 9.84 Å². The smallest absolute Gasteiger partial charge is 0.151 e. The summed E-state index contributed by atoms with van der Waals surface area (Å²) in [5, 5.41) is 5.22. The average molecular weight is 291 g/mol. The number of sulfone groups is 1. The molecule has 0 amide bonds. The molecule has 0 saturated carbocycles. The van der Waals surface area contributed by atoms with E-state index in [9.17, 15) is 8.42 Å². The number of nitrogens with one attached hydrogen (secondary N) is 1. The highest BCUT2D eigenvalue weighted by atomic mass is 32.2. The summed E-state index contributed by atoms with van der Waals surface area (Å²) in [4.78, 5) is 1.32. The summed E-state index contributed by atoms with van der Waals surface area (Å²) in [6, 6.07) is 4.12. The third kappa shape index (κ3) is 7.10. The Morgan fingerprint density at radius 2 is 2.17 bits per heavy atom. The minimum Gasteiger partial charge on any atom is -0.385 e. The minimum absolute atomic E-state index is 0.209. The Morgan fingerprint density at radius 1 is 1.33 bits per heavy atom. The lowest BCUT2D eigenvalue weighted by Gasteiger charge is -2.05. The van der Waals surface area contributed by atoms with Crippen LogP contribution in [0.5, 0.6) is 0 Å². The predicted octanol–water partition coefficient (Wildman–Crippen LogP) is 1.33. The second kappa shape index (κ2) is 8.63. The molecule has 0 bridgehead atoms. The molecule has 0 aliphatic heterocycles. The molecular formula is C12H21NO3S2. The molecule has 0 atom stereocenters. The van der Waals surface area contributed by atoms with Crippen molar-refractivity contribution in [2.75, 3.05) is 38.3 Å². The highest BCUT2D eigenvalue weighted by molar-refractivity contribution is 7.91. The number of thiophene rings is 1. The molecule has 1 rings (SSSR count). The van der Waals surface area contributed by atoms with Gasteiger partial charge in [0.1, 0.15) is 0 Å². The fourth-order valence-corrected chi connectivity index (χ4v) is 3.47. The molecule has 0 unspecified atom stereocenters. The molecule has 0 fully saturated rings. The zero-order valence-corrected chi connectivity index (χ0v) is 12.4. The first-order valence-electron chi connectivity index (χ1n) is 6.06. The number of methoxy groups -OCH3 is 1. The van der Waals surface area contributed by atoms with Crippen molar-refractivity contribution in [1.82, 2.24) is 5.32 Å². The Morgan fingerprint density at radius 3 is 2.83 bits per heavy atom. The van der Waals surface area contributed by atoms with Crippen molar-refractivity contribution in [2.24, 2.45) is 0 Å². The Kier molecular flexibility index (Phi) is 7.50. The van der Waals surface area contributed by atoms with E-state index in [1.807, 2.05) is 6.07 Å². The maximum atomic E-state index is 11.6. The van der Waals surface area contributed by atoms with E-state index in [4.69, 9.17) is 4.74 Å². The van der Waals surface area contributed by atoms with Crippen LogP contribution in [0.25, 0.3) is 0 Å². The molecular weight excluding hydrogens is 270 g/mol. The first-order valence-corrected chi connectivity index (χ1v) is 8.76. The van der Waals surface area contributed by atoms with Gasteiger partial charge in [-0.05, 0) is 30.8 Å². The fraction of sp³-hybridized carbons (Fsp3) is 0.667. The van der Waals surface area contributed by atoms with Crippen molar-refractivity contribution in [2.45, 2.75) is 12.8 Å². The van der Waals surface area contributed by atoms with Crippen molar-refractivity contribution >= 4 is 21.2 Å². The summed E-state index contributed by atoms with van der Waals surface area (Å²) in [6.07, 6.45) is 1.54. The second-order valence-electron chi connectivity index (χ2n) is 4.08. The summed E-state index contributed by atoms with van der Waals surface area (Å²) in [5.41, 5.74) is 0. The van der Waals surface area contributed by atoms with Crippen molar-refractivity contribution in [1.29, 1.82) is 0 Å². The monoisotopic (exact) mass is 291 g/mol. The van der Waals surface area contributed by atoms with Gasteiger partial charge in [-0.15, -0.1) is 11.3 Å². The van der Waals surface area contributed by atoms with Crippen LogP contribution in [-0.2, 0) is 21.0 Å². The van der Waals surface area contributed by atoms with Crippen molar-refractivity contribution in [3.63, 3.8) is 0 Å². The largest absolute Gasteiger partial charge is 0.385 e. The van der Waals surface area contributed by atoms with Gasteiger partial charge in [0, 0.05) is 25.1 Å². The van der Waals surface area contributed by atoms with E-state index in [0.717, 1.165) is 13.0 Å². The molecule has 0 spiro atoms. The normalized spacial score (nSPS) is 11.8. The Bertz CT molecular complexity index is 401. The van der Waals surface area contributed by atoms with Crippen molar-refractivity contribution in [3.8, 4) is 0 Å². The van der Waals surface area contributed by atoms with Gasteiger partial charge in [-0.2, -0.15) is 0 Å². The van der Waals surface area contributed by atoms with Gasteiger partial charge >= 0.3 is 0 Å². The van der Waals surface area contributed by atoms with Crippen molar-refractivity contribution < 1.29 is 13.2 Å². The predicted molar refractivity (Wildman–Crippen MR) is 76.0 cm³/mol. The van der Waals surface area contributed by atoms with Gasteiger partial charge in [-0.25, -0.2) is 8.42 Å². The lowest BCUT2D eigenvalue weighted by molar-refractivity contribution is 0.199. The first kappa shape index (κ1) is 15.6. The Labute approximate surface area is 113 Å². The van der Waals surface area contributed by atoms with Crippen LogP contribution >= 0.6 is 11.3 Å². The zero-order chi connectivity index (χ0) is 13.3. The molecule has 0 aromatic carbocycles. The summed E-state index contributed by atoms with van der Waals surface area (Å²) >= 11 is 1.73. The standard InChI is InChI=1S/C12H21NO3S2/c1-16-8-3-10-18(14,15)11-7-13-6-5-12-4-2-9-17-12/h2,4,9,13H,3,5-8,10-11H2,1H3. The van der Waals surface area contributed by atoms with Gasteiger partial charge in [-0.3, -0.25) is 0 Å². The van der Waals surface area contributed by atoms with Gasteiger partial charge in [-0.1, -0.05) is 6.07 Å². The van der Waals surface area contributed by atoms with E-state index < -0.39 is 9.84 Å². The molecule has 0 aliphatic carbocycles. The van der Waals surface area contributed by atoms with Crippen LogP contribution in [0, 0.1) is 0 Å². The maximum absolute atomic E-state index is 11.6. The van der Waals surface area contributed by atoms with Crippen molar-refractivity contribution in [3.05, 3.63) is 22.4 Å². The van der Waals surface area contributed by atoms with Gasteiger partial charge in [0.25, 0.3) is 0 Å². The number of hydrogen-bond donors (Lipinski definition) is 1. The second-order valence-corrected chi connectivity index (χ2v) is 7.41. The first-order chi connectivity index (χ1) is 8.64. The summed E-state index contributed by atoms with van der Waals surface area (Å²) in [7, 11) is -1.35. The maximum Gasteiger partial charge on any atom is 0.151 e. The third-order valence-corrected chi connectivity index (χ3v) is 5.19. The molecule has 104 valence electrons. The van der Waals surface area contributed by atoms with Crippen LogP contribution in [0.4, 0.5) is 0 Å². The van der Waals surface area contributed by atoms with Gasteiger partial charge < -0.3 is 10.1 Å². The van der Waals surface area contributed by atoms with Gasteiger partial charge in [0.05, 0.1) is 11.5 Å². The molecule has 0 saturated heterocycles. The molecule has 6 heteroatoms. The zero-order valence-electron chi connectivity index (χ0n) is 10.7. The summed E-state index contributed by atoms with van der Waals surface area (Å²) in [6.45, 7) is 1.86. The van der Waals surface area contributed by atoms with E-state index in [1.165, 1.54) is 4.88 Å². The quantitative estimate of drug-likeness (QED) is 0.661. The molecule has 0 aliphatic rings. The molecule has 1 aromatic heterocycles. The number of ether oxygens (including phenoxy) is 1. The van der Waals surface area contributed by atoms with Crippen LogP contribution in [0.15, 0.2) is 17.5 Å². The topological polar surface area (TPSA) is 55.4 Å². The Hall–Kier alpha value is -0.430. The Balaban J connectivity index is 2.06. The molecule has 1 aromatic rings. The van der Waals surface area contributed by atoms with Crippen LogP contribution in [0.3, 0.4) is 0 Å². The van der Waals surface area contributed by atoms with Crippen LogP contribution < -0.4 is 5.32 Å². The summed E-state index contributed by atoms with van der Waals surface area (Å²) < 4.78 is 28.1. The number of rotatable bonds is 10. The minimum atomic E-state index is -2.93. The molecule has 0 radical (unpaired) electrons. The highest BCUT2D eigenvalue weighted by Gasteiger charge is 2.09. The molecule has 18 heavy (non-hydrogen) atoms. The lowest BCUT2D eigenvalue weighted by Crippen LogP contribution is -2.26. The summed E-state index contributed by atoms with van der Waals surface area (Å²) in [5.74, 6) is 0.425. The van der Waals surface area contributed by atoms with Crippen LogP contribution in [0.1, 0.15) is 11.3 Å². The third-order valence-electron chi connectivity index (χ3n) is 2.52. The molecule has 4 nitrogen and oxygen atoms in total. The average Bonchev–Trinajstić information content (AvgIpc) is 2.81. The van der Waals surface area contributed by atoms with Crippen LogP contribution in [-0.4, -0.2) is 46.7 Å². The lowest BCUT2D eigenvalue weighted by atomic mass is 10.3. The number of hydrogen-bond acceptors (Lipinski definition) is 5. The van der Waals surface area contributed by atoms with E-state index >= 15 is 0 Å². The van der Waals surface area contributed by atoms with E-state index in [1.54, 1.807) is 18.4 Å².